The van der Waals surface area contributed by atoms with Gasteiger partial charge in [-0.1, -0.05) is 18.2 Å². The van der Waals surface area contributed by atoms with E-state index < -0.39 is 5.72 Å². The fourth-order valence-corrected chi connectivity index (χ4v) is 5.84. The van der Waals surface area contributed by atoms with Crippen molar-refractivity contribution in [3.05, 3.63) is 54.1 Å². The second-order valence-corrected chi connectivity index (χ2v) is 9.78. The normalized spacial score (nSPS) is 23.3. The number of hydrogen-bond donors (Lipinski definition) is 1. The van der Waals surface area contributed by atoms with Gasteiger partial charge in [0, 0.05) is 48.4 Å². The number of benzene rings is 3. The van der Waals surface area contributed by atoms with Crippen LogP contribution in [-0.2, 0) is 5.41 Å². The van der Waals surface area contributed by atoms with Crippen LogP contribution in [0.25, 0.3) is 10.8 Å². The molecule has 3 aromatic carbocycles. The van der Waals surface area contributed by atoms with E-state index >= 15 is 0 Å². The number of piperidine rings is 1. The summed E-state index contributed by atoms with van der Waals surface area (Å²) in [5.41, 5.74) is 3.38. The van der Waals surface area contributed by atoms with E-state index in [1.807, 2.05) is 18.3 Å². The highest BCUT2D eigenvalue weighted by Crippen LogP contribution is 2.55. The Labute approximate surface area is 188 Å². The molecular weight excluding hydrogens is 398 g/mol. The molecule has 1 atom stereocenters. The van der Waals surface area contributed by atoms with Crippen LogP contribution in [0.15, 0.2) is 53.5 Å². The molecule has 3 aromatic rings. The molecule has 0 aromatic heterocycles. The molecule has 0 bridgehead atoms. The van der Waals surface area contributed by atoms with E-state index in [1.54, 1.807) is 6.07 Å². The number of aliphatic imine (C=N–C) groups is 1. The largest absolute Gasteiger partial charge is 0.508 e. The third kappa shape index (κ3) is 2.48. The van der Waals surface area contributed by atoms with Gasteiger partial charge in [0.15, 0.2) is 5.75 Å². The maximum absolute atomic E-state index is 10.3. The zero-order valence-electron chi connectivity index (χ0n) is 18.9. The fraction of sp³-hybridized carbons (Fsp3) is 0.370. The van der Waals surface area contributed by atoms with Gasteiger partial charge in [-0.25, -0.2) is 0 Å². The van der Waals surface area contributed by atoms with Crippen molar-refractivity contribution < 1.29 is 9.84 Å². The van der Waals surface area contributed by atoms with Gasteiger partial charge in [-0.05, 0) is 62.9 Å². The Morgan fingerprint density at radius 1 is 0.938 bits per heavy atom. The molecule has 164 valence electrons. The van der Waals surface area contributed by atoms with Crippen LogP contribution >= 0.6 is 0 Å². The molecule has 0 aliphatic carbocycles. The summed E-state index contributed by atoms with van der Waals surface area (Å²) in [6.07, 6.45) is 5.63. The number of rotatable bonds is 1. The molecule has 1 spiro atoms. The van der Waals surface area contributed by atoms with Crippen LogP contribution in [0, 0.1) is 0 Å². The third-order valence-electron chi connectivity index (χ3n) is 7.70. The Balaban J connectivity index is 1.55. The van der Waals surface area contributed by atoms with Crippen molar-refractivity contribution in [2.24, 2.45) is 4.99 Å². The van der Waals surface area contributed by atoms with Gasteiger partial charge in [-0.3, -0.25) is 4.99 Å². The van der Waals surface area contributed by atoms with Crippen LogP contribution in [-0.4, -0.2) is 37.2 Å². The van der Waals surface area contributed by atoms with E-state index in [0.717, 1.165) is 35.3 Å². The smallest absolute Gasteiger partial charge is 0.228 e. The lowest BCUT2D eigenvalue weighted by Crippen LogP contribution is -2.61. The number of para-hydroxylation sites is 1. The van der Waals surface area contributed by atoms with Gasteiger partial charge in [0.25, 0.3) is 0 Å². The molecule has 1 saturated heterocycles. The predicted molar refractivity (Wildman–Crippen MR) is 131 cm³/mol. The molecule has 1 unspecified atom stereocenters. The zero-order valence-corrected chi connectivity index (χ0v) is 18.9. The maximum Gasteiger partial charge on any atom is 0.228 e. The predicted octanol–water partition coefficient (Wildman–Crippen LogP) is 5.75. The molecule has 32 heavy (non-hydrogen) atoms. The maximum atomic E-state index is 10.3. The van der Waals surface area contributed by atoms with Crippen molar-refractivity contribution in [3.8, 4) is 11.5 Å². The minimum atomic E-state index is -0.715. The van der Waals surface area contributed by atoms with E-state index in [0.29, 0.717) is 0 Å². The number of likely N-dealkylation sites (N-methyl/N-ethyl adjacent to an activating group) is 1. The number of anilines is 2. The lowest BCUT2D eigenvalue weighted by Gasteiger charge is -2.45. The first-order valence-corrected chi connectivity index (χ1v) is 11.5. The molecule has 3 aliphatic rings. The second-order valence-electron chi connectivity index (χ2n) is 9.78. The highest BCUT2D eigenvalue weighted by molar-refractivity contribution is 6.06. The average molecular weight is 428 g/mol. The van der Waals surface area contributed by atoms with E-state index in [-0.39, 0.29) is 11.2 Å². The van der Waals surface area contributed by atoms with Crippen molar-refractivity contribution in [3.63, 3.8) is 0 Å². The molecule has 3 aliphatic heterocycles. The molecule has 0 saturated carbocycles. The number of aromatic hydroxyl groups is 1. The number of fused-ring (bicyclic) bond motifs is 4. The van der Waals surface area contributed by atoms with Crippen LogP contribution in [0.3, 0.4) is 0 Å². The number of phenolic OH excluding ortho intramolecular Hbond substituents is 1. The van der Waals surface area contributed by atoms with Gasteiger partial charge in [0.05, 0.1) is 11.6 Å². The summed E-state index contributed by atoms with van der Waals surface area (Å²) in [7, 11) is 2.09. The van der Waals surface area contributed by atoms with Crippen LogP contribution < -0.4 is 14.5 Å². The van der Waals surface area contributed by atoms with Crippen molar-refractivity contribution in [2.75, 3.05) is 29.9 Å². The number of hydrogen-bond acceptors (Lipinski definition) is 5. The quantitative estimate of drug-likeness (QED) is 0.537. The Kier molecular flexibility index (Phi) is 4.04. The first-order chi connectivity index (χ1) is 15.4. The monoisotopic (exact) mass is 427 g/mol. The average Bonchev–Trinajstić information content (AvgIpc) is 2.97. The summed E-state index contributed by atoms with van der Waals surface area (Å²) in [5, 5.41) is 12.3. The minimum absolute atomic E-state index is 0.247. The number of ether oxygens (including phenoxy) is 1. The molecule has 0 radical (unpaired) electrons. The number of nitrogens with zero attached hydrogens (tertiary/aromatic N) is 3. The van der Waals surface area contributed by atoms with Gasteiger partial charge in [0.1, 0.15) is 11.4 Å². The first-order valence-electron chi connectivity index (χ1n) is 11.5. The topological polar surface area (TPSA) is 48.3 Å². The van der Waals surface area contributed by atoms with Crippen LogP contribution in [0.2, 0.25) is 0 Å². The Hall–Kier alpha value is -3.21. The van der Waals surface area contributed by atoms with Gasteiger partial charge in [0.2, 0.25) is 5.72 Å². The third-order valence-corrected chi connectivity index (χ3v) is 7.70. The van der Waals surface area contributed by atoms with Crippen molar-refractivity contribution >= 4 is 34.0 Å². The standard InChI is InChI=1S/C27H29N3O2/c1-26(2)21-9-5-6-10-22(21)29(3)27(26)17-28-25-20-15-18(31)11-12-19(20)23(16-24(25)32-27)30-13-7-4-8-14-30/h5-6,9-12,15-17,31H,4,7-8,13-14H2,1-3H3. The summed E-state index contributed by atoms with van der Waals surface area (Å²) in [5.74, 6) is 1.02. The number of phenols is 1. The summed E-state index contributed by atoms with van der Waals surface area (Å²) in [6, 6.07) is 16.3. The lowest BCUT2D eigenvalue weighted by molar-refractivity contribution is 0.0827. The summed E-state index contributed by atoms with van der Waals surface area (Å²) in [4.78, 5) is 9.66. The summed E-state index contributed by atoms with van der Waals surface area (Å²) in [6.45, 7) is 6.54. The van der Waals surface area contributed by atoms with Crippen molar-refractivity contribution in [1.82, 2.24) is 0 Å². The lowest BCUT2D eigenvalue weighted by atomic mass is 9.77. The van der Waals surface area contributed by atoms with Gasteiger partial charge in [-0.15, -0.1) is 0 Å². The Morgan fingerprint density at radius 3 is 2.50 bits per heavy atom. The van der Waals surface area contributed by atoms with E-state index in [2.05, 4.69) is 61.0 Å². The highest BCUT2D eigenvalue weighted by atomic mass is 16.5. The Morgan fingerprint density at radius 2 is 1.72 bits per heavy atom. The van der Waals surface area contributed by atoms with E-state index in [4.69, 9.17) is 9.73 Å². The summed E-state index contributed by atoms with van der Waals surface area (Å²) >= 11 is 0. The highest BCUT2D eigenvalue weighted by Gasteiger charge is 2.58. The molecule has 0 amide bonds. The fourth-order valence-electron chi connectivity index (χ4n) is 5.84. The zero-order chi connectivity index (χ0) is 22.1. The molecular formula is C27H29N3O2. The second kappa shape index (κ2) is 6.64. The van der Waals surface area contributed by atoms with Crippen LogP contribution in [0.4, 0.5) is 17.1 Å². The van der Waals surface area contributed by atoms with Gasteiger partial charge in [-0.2, -0.15) is 0 Å². The molecule has 3 heterocycles. The Bertz CT molecular complexity index is 1260. The SMILES string of the molecule is CN1c2ccccc2C(C)(C)C12C=Nc1c(cc(N3CCCCC3)c3ccc(O)cc13)O2. The summed E-state index contributed by atoms with van der Waals surface area (Å²) < 4.78 is 6.94. The molecule has 6 rings (SSSR count). The van der Waals surface area contributed by atoms with Crippen LogP contribution in [0.5, 0.6) is 11.5 Å². The first kappa shape index (κ1) is 19.5. The van der Waals surface area contributed by atoms with Gasteiger partial charge < -0.3 is 19.6 Å². The van der Waals surface area contributed by atoms with Crippen LogP contribution in [0.1, 0.15) is 38.7 Å². The minimum Gasteiger partial charge on any atom is -0.508 e. The van der Waals surface area contributed by atoms with Gasteiger partial charge >= 0.3 is 0 Å². The van der Waals surface area contributed by atoms with Crippen molar-refractivity contribution in [2.45, 2.75) is 44.2 Å². The molecule has 1 N–H and O–H groups in total. The van der Waals surface area contributed by atoms with E-state index in [1.165, 1.54) is 36.2 Å². The molecule has 5 heteroatoms. The molecule has 1 fully saturated rings. The molecule has 5 nitrogen and oxygen atoms in total. The van der Waals surface area contributed by atoms with Crippen molar-refractivity contribution in [1.29, 1.82) is 0 Å². The van der Waals surface area contributed by atoms with E-state index in [9.17, 15) is 5.11 Å².